The number of rotatable bonds is 4. The van der Waals surface area contributed by atoms with Gasteiger partial charge in [-0.25, -0.2) is 0 Å². The topological polar surface area (TPSA) is 43.1 Å². The molecule has 0 N–H and O–H groups in total. The van der Waals surface area contributed by atoms with Gasteiger partial charge in [0, 0.05) is 15.8 Å². The van der Waals surface area contributed by atoms with Crippen LogP contribution in [0.25, 0.3) is 6.08 Å². The lowest BCUT2D eigenvalue weighted by Gasteiger charge is -1.99. The maximum Gasteiger partial charge on any atom is 0.252 e. The van der Waals surface area contributed by atoms with Crippen LogP contribution in [0.5, 0.6) is 0 Å². The second kappa shape index (κ2) is 5.60. The third-order valence-corrected chi connectivity index (χ3v) is 3.48. The summed E-state index contributed by atoms with van der Waals surface area (Å²) >= 11 is 1.56. The molecule has 2 aromatic rings. The Balaban J connectivity index is 2.24. The predicted octanol–water partition coefficient (Wildman–Crippen LogP) is 3.92. The van der Waals surface area contributed by atoms with Crippen LogP contribution in [-0.2, 0) is 6.42 Å². The number of thiophene rings is 1. The summed E-state index contributed by atoms with van der Waals surface area (Å²) in [6, 6.07) is 13.4. The summed E-state index contributed by atoms with van der Waals surface area (Å²) < 4.78 is 0. The largest absolute Gasteiger partial charge is 0.259 e. The molecule has 0 aliphatic rings. The van der Waals surface area contributed by atoms with E-state index in [9.17, 15) is 10.1 Å². The van der Waals surface area contributed by atoms with E-state index in [1.165, 1.54) is 0 Å². The zero-order valence-electron chi connectivity index (χ0n) is 10.00. The molecule has 4 heteroatoms. The van der Waals surface area contributed by atoms with E-state index in [0.717, 1.165) is 15.3 Å². The van der Waals surface area contributed by atoms with Crippen molar-refractivity contribution >= 4 is 17.4 Å². The molecule has 2 rings (SSSR count). The summed E-state index contributed by atoms with van der Waals surface area (Å²) in [5, 5.41) is 11.1. The van der Waals surface area contributed by atoms with E-state index < -0.39 is 0 Å². The molecule has 1 heterocycles. The molecule has 0 atom stereocenters. The second-order valence-electron chi connectivity index (χ2n) is 4.00. The number of nitro groups is 1. The Hall–Kier alpha value is -1.94. The number of hydrogen-bond donors (Lipinski definition) is 0. The minimum Gasteiger partial charge on any atom is -0.259 e. The molecule has 0 unspecified atom stereocenters. The SMILES string of the molecule is Cc1ccc(C=C(Cc2ccccc2)[N+](=O)[O-])s1. The fourth-order valence-corrected chi connectivity index (χ4v) is 2.51. The van der Waals surface area contributed by atoms with Crippen LogP contribution in [0.2, 0.25) is 0 Å². The molecule has 1 aromatic heterocycles. The van der Waals surface area contributed by atoms with Gasteiger partial charge in [-0.2, -0.15) is 0 Å². The number of aryl methyl sites for hydroxylation is 1. The third kappa shape index (κ3) is 3.28. The molecule has 18 heavy (non-hydrogen) atoms. The van der Waals surface area contributed by atoms with Crippen LogP contribution in [0.3, 0.4) is 0 Å². The molecule has 0 saturated heterocycles. The number of allylic oxidation sites excluding steroid dienone is 1. The smallest absolute Gasteiger partial charge is 0.252 e. The molecule has 0 radical (unpaired) electrons. The van der Waals surface area contributed by atoms with Gasteiger partial charge in [0.2, 0.25) is 0 Å². The van der Waals surface area contributed by atoms with E-state index in [-0.39, 0.29) is 10.6 Å². The zero-order valence-corrected chi connectivity index (χ0v) is 10.8. The van der Waals surface area contributed by atoms with Crippen LogP contribution in [0.1, 0.15) is 15.3 Å². The summed E-state index contributed by atoms with van der Waals surface area (Å²) in [4.78, 5) is 12.8. The Morgan fingerprint density at radius 2 is 2.00 bits per heavy atom. The highest BCUT2D eigenvalue weighted by atomic mass is 32.1. The van der Waals surface area contributed by atoms with Crippen LogP contribution in [0.4, 0.5) is 0 Å². The molecule has 0 bridgehead atoms. The molecular weight excluding hydrogens is 246 g/mol. The Kier molecular flexibility index (Phi) is 3.89. The highest BCUT2D eigenvalue weighted by Gasteiger charge is 2.12. The van der Waals surface area contributed by atoms with Crippen molar-refractivity contribution in [1.82, 2.24) is 0 Å². The molecule has 92 valence electrons. The molecule has 3 nitrogen and oxygen atoms in total. The van der Waals surface area contributed by atoms with Crippen molar-refractivity contribution in [2.45, 2.75) is 13.3 Å². The van der Waals surface area contributed by atoms with E-state index in [0.29, 0.717) is 6.42 Å². The molecule has 0 saturated carbocycles. The first-order valence-corrected chi connectivity index (χ1v) is 6.42. The van der Waals surface area contributed by atoms with Gasteiger partial charge in [0.25, 0.3) is 5.70 Å². The molecular formula is C14H13NO2S. The van der Waals surface area contributed by atoms with Crippen LogP contribution >= 0.6 is 11.3 Å². The van der Waals surface area contributed by atoms with Crippen molar-refractivity contribution in [3.8, 4) is 0 Å². The fraction of sp³-hybridized carbons (Fsp3) is 0.143. The first-order chi connectivity index (χ1) is 8.65. The molecule has 0 aliphatic carbocycles. The van der Waals surface area contributed by atoms with Crippen molar-refractivity contribution in [2.24, 2.45) is 0 Å². The lowest BCUT2D eigenvalue weighted by molar-refractivity contribution is -0.425. The normalized spacial score (nSPS) is 11.5. The monoisotopic (exact) mass is 259 g/mol. The Morgan fingerprint density at radius 1 is 1.28 bits per heavy atom. The lowest BCUT2D eigenvalue weighted by Crippen LogP contribution is -2.01. The van der Waals surface area contributed by atoms with E-state index in [4.69, 9.17) is 0 Å². The van der Waals surface area contributed by atoms with Gasteiger partial charge in [-0.15, -0.1) is 11.3 Å². The van der Waals surface area contributed by atoms with E-state index in [1.807, 2.05) is 49.4 Å². The number of benzene rings is 1. The van der Waals surface area contributed by atoms with Gasteiger partial charge in [0.15, 0.2) is 0 Å². The van der Waals surface area contributed by atoms with Gasteiger partial charge in [0.05, 0.1) is 11.3 Å². The molecule has 0 aliphatic heterocycles. The summed E-state index contributed by atoms with van der Waals surface area (Å²) in [6.45, 7) is 1.99. The van der Waals surface area contributed by atoms with Crippen molar-refractivity contribution in [3.63, 3.8) is 0 Å². The first kappa shape index (κ1) is 12.5. The number of nitrogens with zero attached hydrogens (tertiary/aromatic N) is 1. The van der Waals surface area contributed by atoms with Gasteiger partial charge >= 0.3 is 0 Å². The summed E-state index contributed by atoms with van der Waals surface area (Å²) in [7, 11) is 0. The first-order valence-electron chi connectivity index (χ1n) is 5.60. The maximum atomic E-state index is 11.1. The van der Waals surface area contributed by atoms with Crippen molar-refractivity contribution in [2.75, 3.05) is 0 Å². The minimum atomic E-state index is -0.304. The van der Waals surface area contributed by atoms with Gasteiger partial charge in [-0.1, -0.05) is 30.3 Å². The van der Waals surface area contributed by atoms with Gasteiger partial charge in [0.1, 0.15) is 0 Å². The summed E-state index contributed by atoms with van der Waals surface area (Å²) in [5.41, 5.74) is 1.18. The minimum absolute atomic E-state index is 0.225. The molecule has 1 aromatic carbocycles. The maximum absolute atomic E-state index is 11.1. The summed E-state index contributed by atoms with van der Waals surface area (Å²) in [5.74, 6) is 0. The zero-order chi connectivity index (χ0) is 13.0. The number of hydrogen-bond acceptors (Lipinski definition) is 3. The van der Waals surface area contributed by atoms with Crippen LogP contribution < -0.4 is 0 Å². The van der Waals surface area contributed by atoms with E-state index >= 15 is 0 Å². The van der Waals surface area contributed by atoms with E-state index in [1.54, 1.807) is 17.4 Å². The van der Waals surface area contributed by atoms with Crippen molar-refractivity contribution in [3.05, 3.63) is 73.6 Å². The average Bonchev–Trinajstić information content (AvgIpc) is 2.75. The highest BCUT2D eigenvalue weighted by Crippen LogP contribution is 2.20. The summed E-state index contributed by atoms with van der Waals surface area (Å²) in [6.07, 6.45) is 2.01. The Bertz CT molecular complexity index is 572. The fourth-order valence-electron chi connectivity index (χ4n) is 1.67. The van der Waals surface area contributed by atoms with E-state index in [2.05, 4.69) is 0 Å². The highest BCUT2D eigenvalue weighted by molar-refractivity contribution is 7.12. The van der Waals surface area contributed by atoms with Gasteiger partial charge < -0.3 is 0 Å². The van der Waals surface area contributed by atoms with Gasteiger partial charge in [-0.3, -0.25) is 10.1 Å². The average molecular weight is 259 g/mol. The molecule has 0 amide bonds. The van der Waals surface area contributed by atoms with Crippen molar-refractivity contribution in [1.29, 1.82) is 0 Å². The third-order valence-electron chi connectivity index (χ3n) is 2.53. The van der Waals surface area contributed by atoms with Crippen LogP contribution in [-0.4, -0.2) is 4.92 Å². The van der Waals surface area contributed by atoms with Crippen LogP contribution in [0, 0.1) is 17.0 Å². The van der Waals surface area contributed by atoms with Gasteiger partial charge in [-0.05, 0) is 24.6 Å². The quantitative estimate of drug-likeness (QED) is 0.617. The standard InChI is InChI=1S/C14H13NO2S/c1-11-7-8-14(18-11)10-13(15(16)17)9-12-5-3-2-4-6-12/h2-8,10H,9H2,1H3. The van der Waals surface area contributed by atoms with Crippen molar-refractivity contribution < 1.29 is 4.92 Å². The second-order valence-corrected chi connectivity index (χ2v) is 5.32. The van der Waals surface area contributed by atoms with Crippen LogP contribution in [0.15, 0.2) is 48.2 Å². The molecule has 0 spiro atoms. The predicted molar refractivity (Wildman–Crippen MR) is 74.2 cm³/mol. The Labute approximate surface area is 110 Å². The molecule has 0 fully saturated rings. The lowest BCUT2D eigenvalue weighted by atomic mass is 10.1. The Morgan fingerprint density at radius 3 is 2.56 bits per heavy atom.